The number of amidine groups is 1. The summed E-state index contributed by atoms with van der Waals surface area (Å²) in [5.74, 6) is -1.30. The molecule has 0 aromatic carbocycles. The number of hydrogen-bond acceptors (Lipinski definition) is 5. The Morgan fingerprint density at radius 1 is 1.40 bits per heavy atom. The maximum atomic E-state index is 11.5. The third-order valence-electron chi connectivity index (χ3n) is 2.84. The van der Waals surface area contributed by atoms with Crippen molar-refractivity contribution in [3.05, 3.63) is 0 Å². The van der Waals surface area contributed by atoms with Gasteiger partial charge in [0, 0.05) is 5.71 Å². The van der Waals surface area contributed by atoms with Gasteiger partial charge in [-0.25, -0.2) is 0 Å². The average molecular weight is 299 g/mol. The maximum absolute atomic E-state index is 11.5. The van der Waals surface area contributed by atoms with Crippen molar-refractivity contribution in [3.8, 4) is 0 Å². The molecule has 0 aromatic rings. The second kappa shape index (κ2) is 8.73. The molecule has 1 fully saturated rings. The van der Waals surface area contributed by atoms with Crippen molar-refractivity contribution in [3.63, 3.8) is 0 Å². The van der Waals surface area contributed by atoms with Crippen LogP contribution in [-0.2, 0) is 9.59 Å². The number of carbonyl (C=O) groups excluding carboxylic acids is 1. The number of nitrogens with one attached hydrogen (secondary N) is 1. The summed E-state index contributed by atoms with van der Waals surface area (Å²) in [5.41, 5.74) is 0.921. The number of carboxylic acid groups (broad SMARTS) is 1. The number of amides is 1. The number of rotatable bonds is 8. The first-order chi connectivity index (χ1) is 9.52. The molecule has 1 saturated heterocycles. The fourth-order valence-electron chi connectivity index (χ4n) is 1.73. The van der Waals surface area contributed by atoms with Crippen LogP contribution in [0.25, 0.3) is 0 Å². The van der Waals surface area contributed by atoms with Crippen molar-refractivity contribution < 1.29 is 14.7 Å². The first-order valence-electron chi connectivity index (χ1n) is 6.83. The van der Waals surface area contributed by atoms with Gasteiger partial charge in [-0.15, -0.1) is 5.10 Å². The second-order valence-electron chi connectivity index (χ2n) is 4.74. The average Bonchev–Trinajstić information content (AvgIpc) is 2.72. The van der Waals surface area contributed by atoms with Crippen molar-refractivity contribution in [2.45, 2.75) is 57.6 Å². The monoisotopic (exact) mass is 299 g/mol. The first-order valence-corrected chi connectivity index (χ1v) is 7.71. The van der Waals surface area contributed by atoms with Crippen LogP contribution in [0, 0.1) is 0 Å². The van der Waals surface area contributed by atoms with E-state index in [9.17, 15) is 9.59 Å². The highest BCUT2D eigenvalue weighted by Crippen LogP contribution is 2.22. The van der Waals surface area contributed by atoms with E-state index in [1.165, 1.54) is 19.3 Å². The van der Waals surface area contributed by atoms with E-state index in [-0.39, 0.29) is 12.3 Å². The summed E-state index contributed by atoms with van der Waals surface area (Å²) >= 11 is 1.12. The quantitative estimate of drug-likeness (QED) is 0.409. The lowest BCUT2D eigenvalue weighted by Crippen LogP contribution is -2.26. The Labute approximate surface area is 123 Å². The number of hydrogen-bond donors (Lipinski definition) is 2. The molecule has 1 rings (SSSR count). The van der Waals surface area contributed by atoms with Crippen LogP contribution < -0.4 is 5.32 Å². The SMILES string of the molecule is CCCCCCC(C)=NN=C1NC(=O)C(CC(=O)O)S1. The van der Waals surface area contributed by atoms with E-state index in [0.29, 0.717) is 5.17 Å². The maximum Gasteiger partial charge on any atom is 0.305 e. The molecule has 20 heavy (non-hydrogen) atoms. The molecular weight excluding hydrogens is 278 g/mol. The molecular formula is C13H21N3O3S. The van der Waals surface area contributed by atoms with Gasteiger partial charge in [-0.1, -0.05) is 37.9 Å². The summed E-state index contributed by atoms with van der Waals surface area (Å²) in [6, 6.07) is 0. The van der Waals surface area contributed by atoms with Crippen LogP contribution in [0.2, 0.25) is 0 Å². The van der Waals surface area contributed by atoms with Crippen LogP contribution in [0.15, 0.2) is 10.2 Å². The topological polar surface area (TPSA) is 91.1 Å². The first kappa shape index (κ1) is 16.7. The summed E-state index contributed by atoms with van der Waals surface area (Å²) in [7, 11) is 0. The van der Waals surface area contributed by atoms with Gasteiger partial charge in [0.05, 0.1) is 6.42 Å². The molecule has 6 nitrogen and oxygen atoms in total. The minimum atomic E-state index is -0.991. The fraction of sp³-hybridized carbons (Fsp3) is 0.692. The number of nitrogens with zero attached hydrogens (tertiary/aromatic N) is 2. The number of aliphatic carboxylic acids is 1. The van der Waals surface area contributed by atoms with Crippen LogP contribution in [0.3, 0.4) is 0 Å². The molecule has 0 bridgehead atoms. The number of carbonyl (C=O) groups is 2. The van der Waals surface area contributed by atoms with E-state index < -0.39 is 11.2 Å². The van der Waals surface area contributed by atoms with Crippen LogP contribution >= 0.6 is 11.8 Å². The van der Waals surface area contributed by atoms with Gasteiger partial charge in [0.2, 0.25) is 5.91 Å². The molecule has 112 valence electrons. The zero-order valence-electron chi connectivity index (χ0n) is 11.9. The lowest BCUT2D eigenvalue weighted by molar-refractivity contribution is -0.138. The number of carboxylic acids is 1. The number of thioether (sulfide) groups is 1. The Bertz CT molecular complexity index is 421. The molecule has 1 aliphatic heterocycles. The predicted octanol–water partition coefficient (Wildman–Crippen LogP) is 2.40. The minimum Gasteiger partial charge on any atom is -0.481 e. The van der Waals surface area contributed by atoms with Crippen LogP contribution in [0.5, 0.6) is 0 Å². The summed E-state index contributed by atoms with van der Waals surface area (Å²) < 4.78 is 0. The zero-order chi connectivity index (χ0) is 15.0. The van der Waals surface area contributed by atoms with E-state index in [1.807, 2.05) is 6.92 Å². The Kier molecular flexibility index (Phi) is 7.28. The van der Waals surface area contributed by atoms with E-state index in [4.69, 9.17) is 5.11 Å². The highest BCUT2D eigenvalue weighted by atomic mass is 32.2. The second-order valence-corrected chi connectivity index (χ2v) is 5.94. The summed E-state index contributed by atoms with van der Waals surface area (Å²) in [6.45, 7) is 4.08. The molecule has 1 aliphatic rings. The lowest BCUT2D eigenvalue weighted by Gasteiger charge is -1.99. The third kappa shape index (κ3) is 6.18. The molecule has 7 heteroatoms. The molecule has 0 aromatic heterocycles. The molecule has 0 spiro atoms. The molecule has 1 unspecified atom stereocenters. The molecule has 0 radical (unpaired) electrons. The Balaban J connectivity index is 2.42. The predicted molar refractivity (Wildman–Crippen MR) is 81.1 cm³/mol. The van der Waals surface area contributed by atoms with Gasteiger partial charge in [-0.2, -0.15) is 5.10 Å². The Hall–Kier alpha value is -1.37. The minimum absolute atomic E-state index is 0.199. The van der Waals surface area contributed by atoms with Crippen molar-refractivity contribution in [2.24, 2.45) is 10.2 Å². The highest BCUT2D eigenvalue weighted by Gasteiger charge is 2.32. The van der Waals surface area contributed by atoms with Gasteiger partial charge >= 0.3 is 5.97 Å². The standard InChI is InChI=1S/C13H21N3O3S/c1-3-4-5-6-7-9(2)15-16-13-14-12(19)10(20-13)8-11(17)18/h10H,3-8H2,1-2H3,(H,17,18)(H,14,16,19). The van der Waals surface area contributed by atoms with E-state index in [2.05, 4.69) is 22.4 Å². The lowest BCUT2D eigenvalue weighted by atomic mass is 10.1. The third-order valence-corrected chi connectivity index (χ3v) is 3.91. The van der Waals surface area contributed by atoms with Gasteiger partial charge in [0.1, 0.15) is 5.25 Å². The van der Waals surface area contributed by atoms with Crippen LogP contribution in [0.1, 0.15) is 52.4 Å². The smallest absolute Gasteiger partial charge is 0.305 e. The van der Waals surface area contributed by atoms with Gasteiger partial charge in [0.25, 0.3) is 0 Å². The van der Waals surface area contributed by atoms with Crippen LogP contribution in [0.4, 0.5) is 0 Å². The van der Waals surface area contributed by atoms with Gasteiger partial charge in [0.15, 0.2) is 5.17 Å². The van der Waals surface area contributed by atoms with E-state index in [1.54, 1.807) is 0 Å². The number of unbranched alkanes of at least 4 members (excludes halogenated alkanes) is 3. The summed E-state index contributed by atoms with van der Waals surface area (Å²) in [6.07, 6.45) is 5.40. The van der Waals surface area contributed by atoms with Crippen molar-refractivity contribution in [1.82, 2.24) is 5.32 Å². The van der Waals surface area contributed by atoms with Gasteiger partial charge < -0.3 is 10.4 Å². The Morgan fingerprint density at radius 2 is 2.15 bits per heavy atom. The largest absolute Gasteiger partial charge is 0.481 e. The van der Waals surface area contributed by atoms with Crippen LogP contribution in [-0.4, -0.2) is 33.1 Å². The fourth-order valence-corrected chi connectivity index (χ4v) is 2.64. The summed E-state index contributed by atoms with van der Waals surface area (Å²) in [4.78, 5) is 22.1. The van der Waals surface area contributed by atoms with Crippen molar-refractivity contribution in [1.29, 1.82) is 0 Å². The van der Waals surface area contributed by atoms with Crippen molar-refractivity contribution >= 4 is 34.5 Å². The highest BCUT2D eigenvalue weighted by molar-refractivity contribution is 8.15. The van der Waals surface area contributed by atoms with Gasteiger partial charge in [-0.05, 0) is 19.8 Å². The van der Waals surface area contributed by atoms with Gasteiger partial charge in [-0.3, -0.25) is 9.59 Å². The summed E-state index contributed by atoms with van der Waals surface area (Å²) in [5, 5.41) is 19.0. The zero-order valence-corrected chi connectivity index (χ0v) is 12.7. The molecule has 0 saturated carbocycles. The molecule has 1 atom stereocenters. The molecule has 0 aliphatic carbocycles. The normalized spacial score (nSPS) is 21.3. The van der Waals surface area contributed by atoms with E-state index in [0.717, 1.165) is 30.3 Å². The molecule has 1 heterocycles. The van der Waals surface area contributed by atoms with Crippen molar-refractivity contribution in [2.75, 3.05) is 0 Å². The Morgan fingerprint density at radius 3 is 2.80 bits per heavy atom. The van der Waals surface area contributed by atoms with E-state index >= 15 is 0 Å². The molecule has 2 N–H and O–H groups in total. The molecule has 1 amide bonds.